The molecule has 1 atom stereocenters. The molecule has 0 heterocycles. The summed E-state index contributed by atoms with van der Waals surface area (Å²) in [7, 11) is 0. The first kappa shape index (κ1) is 11.0. The highest BCUT2D eigenvalue weighted by atomic mass is 14.1. The standard InChI is InChI=1S/C14H19/c1-4-6-7-13-8-10-14(11-9-13)12(3)5-2/h6,8-12H,4-5H2,1-3H3. The fourth-order valence-corrected chi connectivity index (χ4v) is 1.36. The van der Waals surface area contributed by atoms with E-state index in [0.29, 0.717) is 5.92 Å². The maximum atomic E-state index is 3.25. The van der Waals surface area contributed by atoms with Gasteiger partial charge in [0.05, 0.1) is 0 Å². The molecule has 75 valence electrons. The fraction of sp³-hybridized carbons (Fsp3) is 0.429. The molecule has 14 heavy (non-hydrogen) atoms. The molecule has 0 heteroatoms. The highest BCUT2D eigenvalue weighted by Crippen LogP contribution is 2.18. The Morgan fingerprint density at radius 3 is 2.36 bits per heavy atom. The number of hydrogen-bond donors (Lipinski definition) is 0. The van der Waals surface area contributed by atoms with Gasteiger partial charge in [-0.3, -0.25) is 0 Å². The van der Waals surface area contributed by atoms with Crippen LogP contribution in [0.2, 0.25) is 0 Å². The molecule has 0 aliphatic rings. The minimum absolute atomic E-state index is 0.666. The van der Waals surface area contributed by atoms with Crippen LogP contribution in [0.15, 0.2) is 30.3 Å². The van der Waals surface area contributed by atoms with Crippen molar-refractivity contribution in [1.82, 2.24) is 0 Å². The number of hydrogen-bond acceptors (Lipinski definition) is 0. The summed E-state index contributed by atoms with van der Waals surface area (Å²) in [5.74, 6) is 0.666. The number of rotatable bonds is 4. The van der Waals surface area contributed by atoms with Crippen LogP contribution in [0.3, 0.4) is 0 Å². The Balaban J connectivity index is 2.73. The Morgan fingerprint density at radius 1 is 1.21 bits per heavy atom. The Bertz CT molecular complexity index is 279. The molecule has 0 bridgehead atoms. The molecule has 1 rings (SSSR count). The van der Waals surface area contributed by atoms with E-state index in [0.717, 1.165) is 6.42 Å². The van der Waals surface area contributed by atoms with Crippen LogP contribution >= 0.6 is 0 Å². The highest BCUT2D eigenvalue weighted by molar-refractivity contribution is 5.28. The third-order valence-electron chi connectivity index (χ3n) is 2.56. The molecule has 1 radical (unpaired) electrons. The Labute approximate surface area is 87.7 Å². The van der Waals surface area contributed by atoms with E-state index >= 15 is 0 Å². The van der Waals surface area contributed by atoms with Crippen LogP contribution in [0.5, 0.6) is 0 Å². The third kappa shape index (κ3) is 3.02. The Kier molecular flexibility index (Phi) is 4.45. The molecule has 0 nitrogen and oxygen atoms in total. The van der Waals surface area contributed by atoms with Gasteiger partial charge in [0.1, 0.15) is 0 Å². The lowest BCUT2D eigenvalue weighted by Crippen LogP contribution is -1.90. The summed E-state index contributed by atoms with van der Waals surface area (Å²) in [6.45, 7) is 6.61. The first-order valence-electron chi connectivity index (χ1n) is 5.46. The predicted octanol–water partition coefficient (Wildman–Crippen LogP) is 4.32. The van der Waals surface area contributed by atoms with Crippen molar-refractivity contribution in [3.63, 3.8) is 0 Å². The van der Waals surface area contributed by atoms with E-state index in [9.17, 15) is 0 Å². The third-order valence-corrected chi connectivity index (χ3v) is 2.56. The summed E-state index contributed by atoms with van der Waals surface area (Å²) in [6, 6.07) is 8.71. The van der Waals surface area contributed by atoms with Crippen molar-refractivity contribution >= 4 is 0 Å². The summed E-state index contributed by atoms with van der Waals surface area (Å²) >= 11 is 0. The second-order valence-corrected chi connectivity index (χ2v) is 3.69. The lowest BCUT2D eigenvalue weighted by Gasteiger charge is -2.08. The van der Waals surface area contributed by atoms with Gasteiger partial charge >= 0.3 is 0 Å². The molecule has 1 aromatic carbocycles. The molecule has 0 aliphatic carbocycles. The van der Waals surface area contributed by atoms with E-state index in [2.05, 4.69) is 57.2 Å². The van der Waals surface area contributed by atoms with Crippen molar-refractivity contribution in [2.24, 2.45) is 0 Å². The fourth-order valence-electron chi connectivity index (χ4n) is 1.36. The zero-order valence-electron chi connectivity index (χ0n) is 9.38. The van der Waals surface area contributed by atoms with Gasteiger partial charge in [-0.15, -0.1) is 0 Å². The first-order valence-corrected chi connectivity index (χ1v) is 5.46. The Morgan fingerprint density at radius 2 is 1.86 bits per heavy atom. The van der Waals surface area contributed by atoms with Crippen LogP contribution in [0.1, 0.15) is 50.7 Å². The summed E-state index contributed by atoms with van der Waals surface area (Å²) in [5, 5.41) is 0. The molecule has 0 saturated heterocycles. The number of allylic oxidation sites excluding steroid dienone is 1. The second-order valence-electron chi connectivity index (χ2n) is 3.69. The van der Waals surface area contributed by atoms with Crippen LogP contribution in [0.4, 0.5) is 0 Å². The summed E-state index contributed by atoms with van der Waals surface area (Å²) in [5.41, 5.74) is 2.61. The van der Waals surface area contributed by atoms with Crippen LogP contribution in [-0.4, -0.2) is 0 Å². The van der Waals surface area contributed by atoms with Crippen molar-refractivity contribution in [3.8, 4) is 0 Å². The maximum Gasteiger partial charge on any atom is -0.0149 e. The number of benzene rings is 1. The highest BCUT2D eigenvalue weighted by Gasteiger charge is 2.00. The van der Waals surface area contributed by atoms with Crippen molar-refractivity contribution in [2.45, 2.75) is 39.5 Å². The monoisotopic (exact) mass is 187 g/mol. The van der Waals surface area contributed by atoms with E-state index in [1.165, 1.54) is 17.5 Å². The van der Waals surface area contributed by atoms with Gasteiger partial charge < -0.3 is 0 Å². The normalized spacial score (nSPS) is 13.4. The second kappa shape index (κ2) is 5.64. The van der Waals surface area contributed by atoms with Gasteiger partial charge in [0.25, 0.3) is 0 Å². The van der Waals surface area contributed by atoms with E-state index in [1.54, 1.807) is 0 Å². The average Bonchev–Trinajstić information content (AvgIpc) is 2.26. The molecular weight excluding hydrogens is 168 g/mol. The SMILES string of the molecule is CC/C=[C]\c1ccc(C(C)CC)cc1. The minimum Gasteiger partial charge on any atom is -0.0763 e. The van der Waals surface area contributed by atoms with E-state index in [4.69, 9.17) is 0 Å². The van der Waals surface area contributed by atoms with Gasteiger partial charge in [-0.05, 0) is 36.0 Å². The van der Waals surface area contributed by atoms with Gasteiger partial charge in [-0.2, -0.15) is 0 Å². The zero-order chi connectivity index (χ0) is 10.4. The summed E-state index contributed by atoms with van der Waals surface area (Å²) < 4.78 is 0. The van der Waals surface area contributed by atoms with Gasteiger partial charge in [-0.25, -0.2) is 0 Å². The minimum atomic E-state index is 0.666. The van der Waals surface area contributed by atoms with Crippen LogP contribution < -0.4 is 0 Å². The van der Waals surface area contributed by atoms with E-state index in [-0.39, 0.29) is 0 Å². The van der Waals surface area contributed by atoms with Crippen LogP contribution in [0.25, 0.3) is 0 Å². The quantitative estimate of drug-likeness (QED) is 0.658. The van der Waals surface area contributed by atoms with Crippen LogP contribution in [-0.2, 0) is 0 Å². The van der Waals surface area contributed by atoms with E-state index < -0.39 is 0 Å². The largest absolute Gasteiger partial charge is 0.0763 e. The molecule has 0 aliphatic heterocycles. The van der Waals surface area contributed by atoms with Gasteiger partial charge in [0.2, 0.25) is 0 Å². The molecule has 0 amide bonds. The predicted molar refractivity (Wildman–Crippen MR) is 62.4 cm³/mol. The van der Waals surface area contributed by atoms with Crippen molar-refractivity contribution in [3.05, 3.63) is 47.5 Å². The van der Waals surface area contributed by atoms with E-state index in [1.807, 2.05) is 0 Å². The maximum absolute atomic E-state index is 3.25. The molecule has 1 unspecified atom stereocenters. The van der Waals surface area contributed by atoms with Crippen molar-refractivity contribution in [2.75, 3.05) is 0 Å². The molecule has 0 aromatic heterocycles. The summed E-state index contributed by atoms with van der Waals surface area (Å²) in [6.07, 6.45) is 7.57. The average molecular weight is 187 g/mol. The van der Waals surface area contributed by atoms with Crippen LogP contribution in [0, 0.1) is 6.08 Å². The molecule has 0 fully saturated rings. The molecule has 0 N–H and O–H groups in total. The van der Waals surface area contributed by atoms with Gasteiger partial charge in [0.15, 0.2) is 0 Å². The Hall–Kier alpha value is -1.04. The van der Waals surface area contributed by atoms with Gasteiger partial charge in [-0.1, -0.05) is 51.1 Å². The molecule has 0 spiro atoms. The lowest BCUT2D eigenvalue weighted by molar-refractivity contribution is 0.733. The lowest BCUT2D eigenvalue weighted by atomic mass is 9.97. The zero-order valence-corrected chi connectivity index (χ0v) is 9.38. The molecule has 0 saturated carbocycles. The first-order chi connectivity index (χ1) is 6.77. The topological polar surface area (TPSA) is 0 Å². The van der Waals surface area contributed by atoms with Crippen molar-refractivity contribution in [1.29, 1.82) is 0 Å². The smallest absolute Gasteiger partial charge is 0.0149 e. The molecule has 1 aromatic rings. The molecular formula is C14H19. The van der Waals surface area contributed by atoms with Crippen molar-refractivity contribution < 1.29 is 0 Å². The summed E-state index contributed by atoms with van der Waals surface area (Å²) in [4.78, 5) is 0. The van der Waals surface area contributed by atoms with Gasteiger partial charge in [0, 0.05) is 0 Å².